The standard InChI is InChI=1S/C17H20N2O4S/c1-12-4-10-16(11-5-12)24(21,22)19(13(2)17(20)23-3)15-8-6-14(18)7-9-15/h4-11,13H,18H2,1-3H3/t13-/m0/s1. The van der Waals surface area contributed by atoms with Crippen LogP contribution in [-0.4, -0.2) is 27.5 Å². The molecule has 2 rings (SSSR count). The van der Waals surface area contributed by atoms with Crippen molar-refractivity contribution in [1.82, 2.24) is 0 Å². The summed E-state index contributed by atoms with van der Waals surface area (Å²) in [7, 11) is -2.73. The van der Waals surface area contributed by atoms with E-state index in [0.29, 0.717) is 11.4 Å². The first-order valence-electron chi connectivity index (χ1n) is 7.32. The molecule has 128 valence electrons. The number of sulfonamides is 1. The largest absolute Gasteiger partial charge is 0.467 e. The Labute approximate surface area is 141 Å². The number of aryl methyl sites for hydroxylation is 1. The van der Waals surface area contributed by atoms with E-state index in [1.54, 1.807) is 36.4 Å². The SMILES string of the molecule is COC(=O)[C@H](C)N(c1ccc(N)cc1)S(=O)(=O)c1ccc(C)cc1. The minimum absolute atomic E-state index is 0.0979. The molecule has 1 atom stereocenters. The predicted octanol–water partition coefficient (Wildman–Crippen LogP) is 2.33. The Hall–Kier alpha value is -2.54. The Kier molecular flexibility index (Phi) is 5.14. The van der Waals surface area contributed by atoms with Gasteiger partial charge < -0.3 is 10.5 Å². The molecule has 0 bridgehead atoms. The third kappa shape index (κ3) is 3.51. The first-order valence-corrected chi connectivity index (χ1v) is 8.76. The fourth-order valence-electron chi connectivity index (χ4n) is 2.28. The van der Waals surface area contributed by atoms with Crippen LogP contribution in [-0.2, 0) is 19.6 Å². The number of carbonyl (C=O) groups excluding carboxylic acids is 1. The lowest BCUT2D eigenvalue weighted by molar-refractivity contribution is -0.141. The highest BCUT2D eigenvalue weighted by Gasteiger charge is 2.33. The number of ether oxygens (including phenoxy) is 1. The molecule has 0 fully saturated rings. The molecule has 0 spiro atoms. The van der Waals surface area contributed by atoms with Gasteiger partial charge in [-0.3, -0.25) is 4.31 Å². The number of carbonyl (C=O) groups is 1. The van der Waals surface area contributed by atoms with Crippen LogP contribution in [0.2, 0.25) is 0 Å². The number of hydrogen-bond acceptors (Lipinski definition) is 5. The molecular weight excluding hydrogens is 328 g/mol. The molecule has 0 unspecified atom stereocenters. The number of hydrogen-bond donors (Lipinski definition) is 1. The Morgan fingerprint density at radius 2 is 1.62 bits per heavy atom. The van der Waals surface area contributed by atoms with Gasteiger partial charge in [0.2, 0.25) is 0 Å². The molecule has 6 nitrogen and oxygen atoms in total. The maximum absolute atomic E-state index is 13.1. The summed E-state index contributed by atoms with van der Waals surface area (Å²) in [5.41, 5.74) is 7.44. The molecule has 0 aromatic heterocycles. The molecule has 0 saturated heterocycles. The average molecular weight is 348 g/mol. The van der Waals surface area contributed by atoms with E-state index >= 15 is 0 Å². The molecule has 0 aliphatic rings. The van der Waals surface area contributed by atoms with Crippen LogP contribution >= 0.6 is 0 Å². The number of nitrogens with zero attached hydrogens (tertiary/aromatic N) is 1. The second-order valence-electron chi connectivity index (χ2n) is 5.40. The van der Waals surface area contributed by atoms with Crippen molar-refractivity contribution in [3.05, 3.63) is 54.1 Å². The number of nitrogen functional groups attached to an aromatic ring is 1. The number of methoxy groups -OCH3 is 1. The molecule has 7 heteroatoms. The van der Waals surface area contributed by atoms with Crippen LogP contribution < -0.4 is 10.0 Å². The van der Waals surface area contributed by atoms with Gasteiger partial charge in [0, 0.05) is 5.69 Å². The summed E-state index contributed by atoms with van der Waals surface area (Å²) in [4.78, 5) is 12.1. The van der Waals surface area contributed by atoms with Crippen molar-refractivity contribution in [2.45, 2.75) is 24.8 Å². The van der Waals surface area contributed by atoms with E-state index in [2.05, 4.69) is 0 Å². The van der Waals surface area contributed by atoms with Crippen molar-refractivity contribution in [3.8, 4) is 0 Å². The summed E-state index contributed by atoms with van der Waals surface area (Å²) in [5.74, 6) is -0.650. The quantitative estimate of drug-likeness (QED) is 0.662. The zero-order valence-corrected chi connectivity index (χ0v) is 14.6. The van der Waals surface area contributed by atoms with Crippen LogP contribution in [0.4, 0.5) is 11.4 Å². The van der Waals surface area contributed by atoms with Crippen LogP contribution in [0.1, 0.15) is 12.5 Å². The van der Waals surface area contributed by atoms with Crippen molar-refractivity contribution in [2.75, 3.05) is 17.1 Å². The van der Waals surface area contributed by atoms with E-state index in [1.165, 1.54) is 26.2 Å². The molecule has 0 radical (unpaired) electrons. The normalized spacial score (nSPS) is 12.5. The van der Waals surface area contributed by atoms with Gasteiger partial charge in [0.1, 0.15) is 6.04 Å². The van der Waals surface area contributed by atoms with E-state index in [4.69, 9.17) is 10.5 Å². The zero-order valence-electron chi connectivity index (χ0n) is 13.8. The summed E-state index contributed by atoms with van der Waals surface area (Å²) in [6.45, 7) is 3.35. The third-order valence-electron chi connectivity index (χ3n) is 3.62. The van der Waals surface area contributed by atoms with Gasteiger partial charge in [-0.15, -0.1) is 0 Å². The topological polar surface area (TPSA) is 89.7 Å². The predicted molar refractivity (Wildman–Crippen MR) is 93.2 cm³/mol. The molecule has 2 aromatic rings. The molecule has 0 heterocycles. The van der Waals surface area contributed by atoms with Gasteiger partial charge in [-0.25, -0.2) is 13.2 Å². The highest BCUT2D eigenvalue weighted by Crippen LogP contribution is 2.27. The molecular formula is C17H20N2O4S. The first kappa shape index (κ1) is 17.8. The second-order valence-corrected chi connectivity index (χ2v) is 7.22. The lowest BCUT2D eigenvalue weighted by Crippen LogP contribution is -2.44. The number of anilines is 2. The van der Waals surface area contributed by atoms with Gasteiger partial charge in [0.15, 0.2) is 0 Å². The van der Waals surface area contributed by atoms with Gasteiger partial charge in [-0.2, -0.15) is 0 Å². The number of rotatable bonds is 5. The van der Waals surface area contributed by atoms with Gasteiger partial charge in [-0.1, -0.05) is 17.7 Å². The Morgan fingerprint density at radius 3 is 2.12 bits per heavy atom. The van der Waals surface area contributed by atoms with Crippen molar-refractivity contribution in [3.63, 3.8) is 0 Å². The van der Waals surface area contributed by atoms with Crippen LogP contribution in [0.5, 0.6) is 0 Å². The third-order valence-corrected chi connectivity index (χ3v) is 5.53. The minimum Gasteiger partial charge on any atom is -0.467 e. The van der Waals surface area contributed by atoms with Crippen molar-refractivity contribution in [1.29, 1.82) is 0 Å². The van der Waals surface area contributed by atoms with Crippen molar-refractivity contribution < 1.29 is 17.9 Å². The minimum atomic E-state index is -3.95. The maximum atomic E-state index is 13.1. The average Bonchev–Trinajstić information content (AvgIpc) is 2.56. The molecule has 24 heavy (non-hydrogen) atoms. The molecule has 0 aliphatic heterocycles. The highest BCUT2D eigenvalue weighted by atomic mass is 32.2. The van der Waals surface area contributed by atoms with Gasteiger partial charge in [0.05, 0.1) is 17.7 Å². The van der Waals surface area contributed by atoms with Crippen LogP contribution in [0.3, 0.4) is 0 Å². The summed E-state index contributed by atoms with van der Waals surface area (Å²) in [6.07, 6.45) is 0. The lowest BCUT2D eigenvalue weighted by Gasteiger charge is -2.29. The zero-order chi connectivity index (χ0) is 17.9. The Bertz CT molecular complexity index is 815. The Balaban J connectivity index is 2.58. The van der Waals surface area contributed by atoms with Crippen LogP contribution in [0.25, 0.3) is 0 Å². The van der Waals surface area contributed by atoms with Gasteiger partial charge >= 0.3 is 5.97 Å². The van der Waals surface area contributed by atoms with Crippen LogP contribution in [0, 0.1) is 6.92 Å². The van der Waals surface area contributed by atoms with E-state index in [1.807, 2.05) is 6.92 Å². The van der Waals surface area contributed by atoms with Gasteiger partial charge in [0.25, 0.3) is 10.0 Å². The molecule has 2 aromatic carbocycles. The summed E-state index contributed by atoms with van der Waals surface area (Å²) >= 11 is 0. The van der Waals surface area contributed by atoms with Gasteiger partial charge in [-0.05, 0) is 50.2 Å². The molecule has 0 amide bonds. The summed E-state index contributed by atoms with van der Waals surface area (Å²) in [6, 6.07) is 11.7. The monoisotopic (exact) mass is 348 g/mol. The number of esters is 1. The summed E-state index contributed by atoms with van der Waals surface area (Å²) < 4.78 is 31.9. The van der Waals surface area contributed by atoms with Crippen molar-refractivity contribution >= 4 is 27.4 Å². The van der Waals surface area contributed by atoms with E-state index in [9.17, 15) is 13.2 Å². The number of nitrogens with two attached hydrogens (primary N) is 1. The molecule has 0 aliphatic carbocycles. The van der Waals surface area contributed by atoms with Crippen LogP contribution in [0.15, 0.2) is 53.4 Å². The highest BCUT2D eigenvalue weighted by molar-refractivity contribution is 7.92. The fourth-order valence-corrected chi connectivity index (χ4v) is 3.89. The molecule has 0 saturated carbocycles. The maximum Gasteiger partial charge on any atom is 0.329 e. The Morgan fingerprint density at radius 1 is 1.08 bits per heavy atom. The van der Waals surface area contributed by atoms with E-state index < -0.39 is 22.0 Å². The number of benzene rings is 2. The van der Waals surface area contributed by atoms with E-state index in [-0.39, 0.29) is 4.90 Å². The smallest absolute Gasteiger partial charge is 0.329 e. The summed E-state index contributed by atoms with van der Waals surface area (Å²) in [5, 5.41) is 0. The molecule has 2 N–H and O–H groups in total. The second kappa shape index (κ2) is 6.92. The van der Waals surface area contributed by atoms with E-state index in [0.717, 1.165) is 9.87 Å². The first-order chi connectivity index (χ1) is 11.3. The fraction of sp³-hybridized carbons (Fsp3) is 0.235. The lowest BCUT2D eigenvalue weighted by atomic mass is 10.2. The van der Waals surface area contributed by atoms with Crippen molar-refractivity contribution in [2.24, 2.45) is 0 Å².